The molecule has 2 atom stereocenters. The van der Waals surface area contributed by atoms with E-state index < -0.39 is 11.6 Å². The van der Waals surface area contributed by atoms with Gasteiger partial charge in [0.25, 0.3) is 0 Å². The monoisotopic (exact) mass is 315 g/mol. The van der Waals surface area contributed by atoms with Crippen LogP contribution in [0.1, 0.15) is 38.3 Å². The molecule has 0 aliphatic carbocycles. The van der Waals surface area contributed by atoms with Crippen molar-refractivity contribution in [1.29, 1.82) is 0 Å². The molecule has 1 aromatic rings. The minimum Gasteiger partial charge on any atom is -0.399 e. The van der Waals surface area contributed by atoms with Crippen LogP contribution in [-0.4, -0.2) is 23.3 Å². The number of nitrogens with two attached hydrogens (primary N) is 1. The van der Waals surface area contributed by atoms with Crippen molar-refractivity contribution < 1.29 is 9.90 Å². The number of anilines is 2. The lowest BCUT2D eigenvalue weighted by Crippen LogP contribution is -2.29. The van der Waals surface area contributed by atoms with E-state index in [1.807, 2.05) is 19.1 Å². The molecule has 1 aliphatic rings. The Bertz CT molecular complexity index is 657. The molecule has 5 nitrogen and oxygen atoms in total. The molecule has 1 unspecified atom stereocenters. The molecule has 1 aromatic carbocycles. The lowest BCUT2D eigenvalue weighted by molar-refractivity contribution is -0.117. The predicted molar refractivity (Wildman–Crippen MR) is 94.7 cm³/mol. The van der Waals surface area contributed by atoms with Gasteiger partial charge in [0.1, 0.15) is 6.04 Å². The van der Waals surface area contributed by atoms with Crippen LogP contribution in [0.25, 0.3) is 0 Å². The number of carbonyl (C=O) groups is 1. The lowest BCUT2D eigenvalue weighted by Gasteiger charge is -2.24. The van der Waals surface area contributed by atoms with Crippen LogP contribution in [0, 0.1) is 12.8 Å². The van der Waals surface area contributed by atoms with Crippen LogP contribution in [0.3, 0.4) is 0 Å². The van der Waals surface area contributed by atoms with E-state index in [0.717, 1.165) is 5.56 Å². The Balaban J connectivity index is 2.29. The summed E-state index contributed by atoms with van der Waals surface area (Å²) in [6, 6.07) is 3.07. The molecular formula is C18H25N3O2. The van der Waals surface area contributed by atoms with Gasteiger partial charge in [0.05, 0.1) is 5.60 Å². The number of nitrogens with zero attached hydrogens (tertiary/aromatic N) is 1. The Kier molecular flexibility index (Phi) is 4.90. The van der Waals surface area contributed by atoms with Gasteiger partial charge >= 0.3 is 0 Å². The number of hydrogen-bond acceptors (Lipinski definition) is 4. The number of rotatable bonds is 3. The third kappa shape index (κ3) is 4.20. The molecule has 1 aliphatic heterocycles. The molecule has 1 heterocycles. The number of benzene rings is 1. The average molecular weight is 315 g/mol. The number of amides is 1. The third-order valence-corrected chi connectivity index (χ3v) is 4.01. The first-order valence-corrected chi connectivity index (χ1v) is 7.82. The molecule has 124 valence electrons. The number of aliphatic imine (C=N–C) groups is 1. The van der Waals surface area contributed by atoms with Gasteiger partial charge in [0.15, 0.2) is 0 Å². The molecule has 0 spiro atoms. The molecule has 0 radical (unpaired) electrons. The average Bonchev–Trinajstić information content (AvgIpc) is 2.66. The molecule has 23 heavy (non-hydrogen) atoms. The summed E-state index contributed by atoms with van der Waals surface area (Å²) in [6.07, 6.45) is 6.23. The first-order chi connectivity index (χ1) is 10.7. The van der Waals surface area contributed by atoms with E-state index in [-0.39, 0.29) is 11.8 Å². The van der Waals surface area contributed by atoms with Crippen LogP contribution in [-0.2, 0) is 10.4 Å². The van der Waals surface area contributed by atoms with Gasteiger partial charge in [0, 0.05) is 23.2 Å². The van der Waals surface area contributed by atoms with E-state index in [0.29, 0.717) is 23.4 Å². The Morgan fingerprint density at radius 2 is 2.13 bits per heavy atom. The van der Waals surface area contributed by atoms with Crippen LogP contribution < -0.4 is 11.1 Å². The second-order valence-electron chi connectivity index (χ2n) is 6.71. The molecule has 0 fully saturated rings. The van der Waals surface area contributed by atoms with Crippen LogP contribution in [0.15, 0.2) is 29.3 Å². The van der Waals surface area contributed by atoms with Crippen LogP contribution >= 0.6 is 0 Å². The highest BCUT2D eigenvalue weighted by Crippen LogP contribution is 2.32. The number of aryl methyl sites for hydroxylation is 1. The van der Waals surface area contributed by atoms with E-state index in [1.165, 1.54) is 0 Å². The van der Waals surface area contributed by atoms with Gasteiger partial charge in [-0.15, -0.1) is 0 Å². The zero-order valence-corrected chi connectivity index (χ0v) is 14.1. The number of nitrogen functional groups attached to an aromatic ring is 1. The molecule has 0 saturated carbocycles. The van der Waals surface area contributed by atoms with E-state index in [9.17, 15) is 9.90 Å². The number of carbonyl (C=O) groups excluding carboxylic acids is 1. The number of nitrogens with one attached hydrogen (secondary N) is 1. The van der Waals surface area contributed by atoms with Crippen molar-refractivity contribution >= 4 is 23.5 Å². The van der Waals surface area contributed by atoms with Crippen LogP contribution in [0.4, 0.5) is 11.4 Å². The fourth-order valence-electron chi connectivity index (χ4n) is 2.61. The van der Waals surface area contributed by atoms with Crippen LogP contribution in [0.5, 0.6) is 0 Å². The quantitative estimate of drug-likeness (QED) is 0.749. The predicted octanol–water partition coefficient (Wildman–Crippen LogP) is 2.78. The summed E-state index contributed by atoms with van der Waals surface area (Å²) < 4.78 is 0. The fraction of sp³-hybridized carbons (Fsp3) is 0.444. The minimum atomic E-state index is -1.11. The van der Waals surface area contributed by atoms with Gasteiger partial charge in [-0.25, -0.2) is 0 Å². The highest BCUT2D eigenvalue weighted by molar-refractivity contribution is 5.97. The van der Waals surface area contributed by atoms with Crippen molar-refractivity contribution in [3.63, 3.8) is 0 Å². The van der Waals surface area contributed by atoms with Crippen molar-refractivity contribution in [2.75, 3.05) is 11.1 Å². The third-order valence-electron chi connectivity index (χ3n) is 4.01. The molecule has 0 bridgehead atoms. The van der Waals surface area contributed by atoms with Gasteiger partial charge in [-0.1, -0.05) is 13.0 Å². The van der Waals surface area contributed by atoms with E-state index in [1.54, 1.807) is 32.2 Å². The smallest absolute Gasteiger partial charge is 0.249 e. The fourth-order valence-corrected chi connectivity index (χ4v) is 2.61. The van der Waals surface area contributed by atoms with Crippen LogP contribution in [0.2, 0.25) is 0 Å². The summed E-state index contributed by atoms with van der Waals surface area (Å²) in [5.41, 5.74) is 7.45. The zero-order chi connectivity index (χ0) is 17.2. The number of allylic oxidation sites excluding steroid dienone is 2. The van der Waals surface area contributed by atoms with Crippen molar-refractivity contribution in [3.05, 3.63) is 35.4 Å². The molecule has 1 amide bonds. The van der Waals surface area contributed by atoms with E-state index >= 15 is 0 Å². The van der Waals surface area contributed by atoms with Crippen molar-refractivity contribution in [2.24, 2.45) is 10.9 Å². The van der Waals surface area contributed by atoms with Gasteiger partial charge < -0.3 is 16.2 Å². The molecule has 5 heteroatoms. The minimum absolute atomic E-state index is 0.175. The van der Waals surface area contributed by atoms with Gasteiger partial charge in [-0.2, -0.15) is 0 Å². The van der Waals surface area contributed by atoms with Crippen molar-refractivity contribution in [1.82, 2.24) is 0 Å². The van der Waals surface area contributed by atoms with Gasteiger partial charge in [0.2, 0.25) is 5.91 Å². The van der Waals surface area contributed by atoms with Crippen molar-refractivity contribution in [2.45, 2.75) is 45.8 Å². The molecular weight excluding hydrogens is 290 g/mol. The summed E-state index contributed by atoms with van der Waals surface area (Å²) >= 11 is 0. The molecule has 0 aromatic heterocycles. The normalized spacial score (nSPS) is 21.1. The summed E-state index contributed by atoms with van der Waals surface area (Å²) in [4.78, 5) is 16.9. The first-order valence-electron chi connectivity index (χ1n) is 7.82. The Hall–Kier alpha value is -2.14. The summed E-state index contributed by atoms with van der Waals surface area (Å²) in [6.45, 7) is 7.27. The topological polar surface area (TPSA) is 87.7 Å². The highest BCUT2D eigenvalue weighted by Gasteiger charge is 2.25. The van der Waals surface area contributed by atoms with E-state index in [2.05, 4.69) is 17.2 Å². The summed E-state index contributed by atoms with van der Waals surface area (Å²) in [5.74, 6) is 0.113. The maximum absolute atomic E-state index is 12.6. The maximum atomic E-state index is 12.6. The largest absolute Gasteiger partial charge is 0.399 e. The number of aliphatic hydroxyl groups is 1. The first kappa shape index (κ1) is 17.2. The SMILES string of the molecule is Cc1cc(NC(=O)C2C[C@@H](C)C=CC=N2)c(C(C)(C)O)cc1N. The van der Waals surface area contributed by atoms with E-state index in [4.69, 9.17) is 5.73 Å². The molecule has 0 saturated heterocycles. The second kappa shape index (κ2) is 6.54. The summed E-state index contributed by atoms with van der Waals surface area (Å²) in [5, 5.41) is 13.3. The zero-order valence-electron chi connectivity index (χ0n) is 14.1. The lowest BCUT2D eigenvalue weighted by atomic mass is 9.93. The second-order valence-corrected chi connectivity index (χ2v) is 6.71. The Labute approximate surface area is 137 Å². The van der Waals surface area contributed by atoms with Gasteiger partial charge in [-0.3, -0.25) is 9.79 Å². The van der Waals surface area contributed by atoms with Gasteiger partial charge in [-0.05, 0) is 56.9 Å². The Morgan fingerprint density at radius 3 is 2.78 bits per heavy atom. The maximum Gasteiger partial charge on any atom is 0.249 e. The summed E-state index contributed by atoms with van der Waals surface area (Å²) in [7, 11) is 0. The van der Waals surface area contributed by atoms with Crippen molar-refractivity contribution in [3.8, 4) is 0 Å². The standard InChI is InChI=1S/C18H25N3O2/c1-11-6-5-7-20-16(8-11)17(22)21-15-9-12(2)14(19)10-13(15)18(3,4)23/h5-7,9-11,16,23H,8,19H2,1-4H3,(H,21,22)/t11-,16?/m0/s1. The number of hydrogen-bond donors (Lipinski definition) is 3. The Morgan fingerprint density at radius 1 is 1.43 bits per heavy atom. The molecule has 2 rings (SSSR count). The molecule has 4 N–H and O–H groups in total. The highest BCUT2D eigenvalue weighted by atomic mass is 16.3.